The van der Waals surface area contributed by atoms with Crippen LogP contribution in [0.1, 0.15) is 28.4 Å². The van der Waals surface area contributed by atoms with Crippen molar-refractivity contribution in [3.63, 3.8) is 0 Å². The summed E-state index contributed by atoms with van der Waals surface area (Å²) in [6.45, 7) is 2.24. The van der Waals surface area contributed by atoms with Crippen LogP contribution in [0.25, 0.3) is 0 Å². The number of halogens is 2. The van der Waals surface area contributed by atoms with Gasteiger partial charge in [-0.05, 0) is 36.6 Å². The maximum absolute atomic E-state index is 12.2. The van der Waals surface area contributed by atoms with Crippen LogP contribution in [0.2, 0.25) is 0 Å². The Kier molecular flexibility index (Phi) is 4.37. The van der Waals surface area contributed by atoms with Crippen molar-refractivity contribution in [3.8, 4) is 0 Å². The molecule has 0 saturated heterocycles. The molecule has 0 unspecified atom stereocenters. The van der Waals surface area contributed by atoms with Crippen molar-refractivity contribution in [3.05, 3.63) is 34.9 Å². The van der Waals surface area contributed by atoms with Crippen LogP contribution in [0.5, 0.6) is 0 Å². The number of carbonyl (C=O) groups is 1. The highest BCUT2D eigenvalue weighted by Crippen LogP contribution is 2.18. The lowest BCUT2D eigenvalue weighted by atomic mass is 9.96. The molecule has 0 bridgehead atoms. The van der Waals surface area contributed by atoms with E-state index in [0.717, 1.165) is 5.56 Å². The summed E-state index contributed by atoms with van der Waals surface area (Å²) >= 11 is 0. The van der Waals surface area contributed by atoms with E-state index in [-0.39, 0.29) is 5.56 Å². The van der Waals surface area contributed by atoms with Crippen molar-refractivity contribution < 1.29 is 13.8 Å². The lowest BCUT2D eigenvalue weighted by molar-refractivity contribution is -0.108. The fourth-order valence-electron chi connectivity index (χ4n) is 1.70. The summed E-state index contributed by atoms with van der Waals surface area (Å²) in [5.41, 5.74) is 6.96. The van der Waals surface area contributed by atoms with Gasteiger partial charge in [-0.2, -0.15) is 0 Å². The lowest BCUT2D eigenvalue weighted by Crippen LogP contribution is -2.18. The summed E-state index contributed by atoms with van der Waals surface area (Å²) in [5, 5.41) is -1.39. The van der Waals surface area contributed by atoms with E-state index < -0.39 is 11.3 Å². The third-order valence-electron chi connectivity index (χ3n) is 2.43. The molecule has 5 heteroatoms. The van der Waals surface area contributed by atoms with Crippen LogP contribution in [0, 0.1) is 0 Å². The Balaban J connectivity index is 3.21. The summed E-state index contributed by atoms with van der Waals surface area (Å²) < 4.78 is 24.4. The molecule has 0 aromatic heterocycles. The minimum Gasteiger partial charge on any atom is -0.330 e. The van der Waals surface area contributed by atoms with Gasteiger partial charge in [-0.1, -0.05) is 28.0 Å². The highest BCUT2D eigenvalue weighted by atomic mass is 19.4. The number of aryl methyl sites for hydroxylation is 1. The van der Waals surface area contributed by atoms with Gasteiger partial charge in [-0.3, -0.25) is 4.79 Å². The Labute approximate surface area is 92.7 Å². The van der Waals surface area contributed by atoms with Crippen LogP contribution in [-0.2, 0) is 12.8 Å². The summed E-state index contributed by atoms with van der Waals surface area (Å²) in [4.78, 5) is 11.2. The number of carbonyl (C=O) groups excluding carboxylic acids is 1. The van der Waals surface area contributed by atoms with Gasteiger partial charge < -0.3 is 5.73 Å². The molecule has 0 radical (unpaired) electrons. The first-order chi connectivity index (χ1) is 7.61. The first-order valence-corrected chi connectivity index (χ1v) is 5.08. The smallest absolute Gasteiger partial charge is 0.314 e. The highest BCUT2D eigenvalue weighted by Gasteiger charge is 2.19. The highest BCUT2D eigenvalue weighted by molar-refractivity contribution is 5.94. The topological polar surface area (TPSA) is 46.3 Å². The number of nitrogens with two attached hydrogens (primary N) is 1. The van der Waals surface area contributed by atoms with Gasteiger partial charge in [0.25, 0.3) is 0 Å². The van der Waals surface area contributed by atoms with Crippen molar-refractivity contribution in [1.82, 2.24) is 5.34 Å². The van der Waals surface area contributed by atoms with Crippen LogP contribution in [0.4, 0.5) is 8.96 Å². The van der Waals surface area contributed by atoms with Gasteiger partial charge >= 0.3 is 5.91 Å². The van der Waals surface area contributed by atoms with Gasteiger partial charge in [0.05, 0.1) is 0 Å². The van der Waals surface area contributed by atoms with Crippen LogP contribution < -0.4 is 5.73 Å². The van der Waals surface area contributed by atoms with Crippen LogP contribution in [0.3, 0.4) is 0 Å². The van der Waals surface area contributed by atoms with Gasteiger partial charge in [0.15, 0.2) is 0 Å². The van der Waals surface area contributed by atoms with Crippen molar-refractivity contribution in [2.45, 2.75) is 19.8 Å². The third-order valence-corrected chi connectivity index (χ3v) is 2.43. The Hall–Kier alpha value is -1.49. The molecular weight excluding hydrogens is 214 g/mol. The molecular formula is C11H14F2N2O. The second-order valence-electron chi connectivity index (χ2n) is 3.37. The summed E-state index contributed by atoms with van der Waals surface area (Å²) in [6.07, 6.45) is 1.12. The molecule has 1 amide bonds. The van der Waals surface area contributed by atoms with E-state index in [2.05, 4.69) is 0 Å². The minimum atomic E-state index is -1.39. The zero-order valence-electron chi connectivity index (χ0n) is 9.04. The van der Waals surface area contributed by atoms with E-state index in [4.69, 9.17) is 5.73 Å². The molecule has 16 heavy (non-hydrogen) atoms. The maximum Gasteiger partial charge on any atom is 0.314 e. The zero-order chi connectivity index (χ0) is 12.1. The number of hydrogen-bond donors (Lipinski definition) is 1. The molecule has 0 aliphatic heterocycles. The molecule has 2 N–H and O–H groups in total. The van der Waals surface area contributed by atoms with E-state index in [1.807, 2.05) is 13.0 Å². The molecule has 3 nitrogen and oxygen atoms in total. The Bertz CT molecular complexity index is 380. The van der Waals surface area contributed by atoms with Crippen LogP contribution >= 0.6 is 0 Å². The van der Waals surface area contributed by atoms with Gasteiger partial charge in [-0.15, -0.1) is 0 Å². The van der Waals surface area contributed by atoms with Crippen molar-refractivity contribution in [2.75, 3.05) is 6.54 Å². The molecule has 0 spiro atoms. The predicted molar refractivity (Wildman–Crippen MR) is 57.0 cm³/mol. The zero-order valence-corrected chi connectivity index (χ0v) is 9.04. The molecule has 0 aliphatic rings. The number of hydrogen-bond acceptors (Lipinski definition) is 2. The van der Waals surface area contributed by atoms with Crippen molar-refractivity contribution >= 4 is 5.91 Å². The standard InChI is InChI=1S/C11H14F2N2O/c1-2-8-4-3-5-10(9(8)6-7-14)11(16)15(12)13/h3-5H,2,6-7,14H2,1H3. The monoisotopic (exact) mass is 228 g/mol. The summed E-state index contributed by atoms with van der Waals surface area (Å²) in [6, 6.07) is 4.83. The lowest BCUT2D eigenvalue weighted by Gasteiger charge is -2.12. The van der Waals surface area contributed by atoms with E-state index in [0.29, 0.717) is 24.9 Å². The van der Waals surface area contributed by atoms with Crippen molar-refractivity contribution in [2.24, 2.45) is 5.73 Å². The number of rotatable bonds is 4. The van der Waals surface area contributed by atoms with Gasteiger partial charge in [0.1, 0.15) is 0 Å². The van der Waals surface area contributed by atoms with E-state index >= 15 is 0 Å². The van der Waals surface area contributed by atoms with E-state index in [9.17, 15) is 13.8 Å². The molecule has 0 aliphatic carbocycles. The Morgan fingerprint density at radius 1 is 1.44 bits per heavy atom. The first kappa shape index (κ1) is 12.6. The average Bonchev–Trinajstić information content (AvgIpc) is 2.28. The van der Waals surface area contributed by atoms with E-state index in [1.165, 1.54) is 6.07 Å². The molecule has 0 fully saturated rings. The minimum absolute atomic E-state index is 0.0369. The summed E-state index contributed by atoms with van der Waals surface area (Å²) in [7, 11) is 0. The average molecular weight is 228 g/mol. The second-order valence-corrected chi connectivity index (χ2v) is 3.37. The second kappa shape index (κ2) is 5.55. The normalized spacial score (nSPS) is 10.2. The first-order valence-electron chi connectivity index (χ1n) is 5.08. The van der Waals surface area contributed by atoms with Gasteiger partial charge in [0, 0.05) is 10.9 Å². The quantitative estimate of drug-likeness (QED) is 0.801. The van der Waals surface area contributed by atoms with Gasteiger partial charge in [-0.25, -0.2) is 0 Å². The predicted octanol–water partition coefficient (Wildman–Crippen LogP) is 1.96. The van der Waals surface area contributed by atoms with E-state index in [1.54, 1.807) is 6.07 Å². The largest absolute Gasteiger partial charge is 0.330 e. The Morgan fingerprint density at radius 2 is 2.12 bits per heavy atom. The Morgan fingerprint density at radius 3 is 2.62 bits per heavy atom. The molecule has 0 saturated carbocycles. The van der Waals surface area contributed by atoms with Gasteiger partial charge in [0.2, 0.25) is 0 Å². The summed E-state index contributed by atoms with van der Waals surface area (Å²) in [5.74, 6) is -1.28. The SMILES string of the molecule is CCc1cccc(C(=O)N(F)F)c1CCN. The third kappa shape index (κ3) is 2.55. The molecule has 1 aromatic carbocycles. The molecule has 1 aromatic rings. The fraction of sp³-hybridized carbons (Fsp3) is 0.364. The number of amides is 1. The molecule has 0 atom stereocenters. The van der Waals surface area contributed by atoms with Crippen LogP contribution in [-0.4, -0.2) is 17.8 Å². The molecule has 0 heterocycles. The maximum atomic E-state index is 12.2. The molecule has 88 valence electrons. The van der Waals surface area contributed by atoms with Crippen LogP contribution in [0.15, 0.2) is 18.2 Å². The number of benzene rings is 1. The number of nitrogens with zero attached hydrogens (tertiary/aromatic N) is 1. The molecule has 1 rings (SSSR count). The van der Waals surface area contributed by atoms with Crippen molar-refractivity contribution in [1.29, 1.82) is 0 Å². The fourth-order valence-corrected chi connectivity index (χ4v) is 1.70.